The van der Waals surface area contributed by atoms with Crippen LogP contribution < -0.4 is 5.32 Å². The van der Waals surface area contributed by atoms with Crippen molar-refractivity contribution in [3.63, 3.8) is 0 Å². The minimum absolute atomic E-state index is 0.0570. The molecule has 74 valence electrons. The van der Waals surface area contributed by atoms with Gasteiger partial charge < -0.3 is 10.4 Å². The lowest BCUT2D eigenvalue weighted by atomic mass is 10.0. The van der Waals surface area contributed by atoms with Crippen LogP contribution >= 0.6 is 0 Å². The summed E-state index contributed by atoms with van der Waals surface area (Å²) in [4.78, 5) is 11.0. The van der Waals surface area contributed by atoms with Gasteiger partial charge in [-0.2, -0.15) is 0 Å². The fourth-order valence-corrected chi connectivity index (χ4v) is 1.75. The van der Waals surface area contributed by atoms with Crippen molar-refractivity contribution >= 4 is 5.91 Å². The fraction of sp³-hybridized carbons (Fsp3) is 0.364. The standard InChI is InChI=1S/C11H13NO2/c13-10-7-11(14)12-9(10)6-8-4-2-1-3-5-8/h1-5,9-10,13H,6-7H2,(H,12,14)/t9-,10-/m1/s1. The van der Waals surface area contributed by atoms with Crippen molar-refractivity contribution < 1.29 is 9.90 Å². The van der Waals surface area contributed by atoms with E-state index < -0.39 is 6.10 Å². The molecule has 14 heavy (non-hydrogen) atoms. The highest BCUT2D eigenvalue weighted by Crippen LogP contribution is 2.13. The molecule has 0 aromatic heterocycles. The Kier molecular flexibility index (Phi) is 2.50. The zero-order valence-corrected chi connectivity index (χ0v) is 7.81. The molecule has 1 aromatic rings. The smallest absolute Gasteiger partial charge is 0.223 e. The Bertz CT molecular complexity index is 323. The molecule has 1 heterocycles. The third-order valence-corrected chi connectivity index (χ3v) is 2.50. The first-order valence-corrected chi connectivity index (χ1v) is 4.77. The Labute approximate surface area is 82.8 Å². The molecule has 1 aliphatic heterocycles. The van der Waals surface area contributed by atoms with E-state index in [0.29, 0.717) is 6.42 Å². The minimum atomic E-state index is -0.539. The normalized spacial score (nSPS) is 26.2. The fourth-order valence-electron chi connectivity index (χ4n) is 1.75. The maximum atomic E-state index is 11.0. The summed E-state index contributed by atoms with van der Waals surface area (Å²) in [5.41, 5.74) is 1.14. The number of carbonyl (C=O) groups is 1. The summed E-state index contributed by atoms with van der Waals surface area (Å²) >= 11 is 0. The summed E-state index contributed by atoms with van der Waals surface area (Å²) < 4.78 is 0. The summed E-state index contributed by atoms with van der Waals surface area (Å²) in [7, 11) is 0. The largest absolute Gasteiger partial charge is 0.390 e. The third-order valence-electron chi connectivity index (χ3n) is 2.50. The quantitative estimate of drug-likeness (QED) is 0.714. The van der Waals surface area contributed by atoms with Crippen LogP contribution in [0.4, 0.5) is 0 Å². The summed E-state index contributed by atoms with van der Waals surface area (Å²) in [6.45, 7) is 0. The van der Waals surface area contributed by atoms with Crippen LogP contribution in [0.5, 0.6) is 0 Å². The average Bonchev–Trinajstić information content (AvgIpc) is 2.47. The molecule has 1 fully saturated rings. The molecule has 3 heteroatoms. The lowest BCUT2D eigenvalue weighted by Crippen LogP contribution is -2.33. The molecule has 1 saturated heterocycles. The second kappa shape index (κ2) is 3.80. The average molecular weight is 191 g/mol. The molecular formula is C11H13NO2. The molecule has 2 rings (SSSR count). The van der Waals surface area contributed by atoms with E-state index >= 15 is 0 Å². The highest BCUT2D eigenvalue weighted by molar-refractivity contribution is 5.79. The van der Waals surface area contributed by atoms with Crippen LogP contribution in [0.25, 0.3) is 0 Å². The molecule has 0 spiro atoms. The first-order chi connectivity index (χ1) is 6.75. The summed E-state index contributed by atoms with van der Waals surface area (Å²) in [6, 6.07) is 9.74. The van der Waals surface area contributed by atoms with Crippen molar-refractivity contribution in [3.8, 4) is 0 Å². The van der Waals surface area contributed by atoms with E-state index in [2.05, 4.69) is 5.32 Å². The number of nitrogens with one attached hydrogen (secondary N) is 1. The topological polar surface area (TPSA) is 49.3 Å². The van der Waals surface area contributed by atoms with E-state index in [1.165, 1.54) is 0 Å². The second-order valence-electron chi connectivity index (χ2n) is 3.64. The molecule has 0 saturated carbocycles. The number of aliphatic hydroxyl groups is 1. The first-order valence-electron chi connectivity index (χ1n) is 4.77. The maximum Gasteiger partial charge on any atom is 0.223 e. The van der Waals surface area contributed by atoms with Crippen LogP contribution in [0.2, 0.25) is 0 Å². The van der Waals surface area contributed by atoms with Crippen molar-refractivity contribution in [2.45, 2.75) is 25.0 Å². The van der Waals surface area contributed by atoms with Gasteiger partial charge in [0.05, 0.1) is 18.6 Å². The molecule has 3 nitrogen and oxygen atoms in total. The van der Waals surface area contributed by atoms with Crippen molar-refractivity contribution in [2.75, 3.05) is 0 Å². The van der Waals surface area contributed by atoms with E-state index in [0.717, 1.165) is 5.56 Å². The molecular weight excluding hydrogens is 178 g/mol. The Morgan fingerprint density at radius 3 is 2.64 bits per heavy atom. The van der Waals surface area contributed by atoms with Gasteiger partial charge in [-0.25, -0.2) is 0 Å². The minimum Gasteiger partial charge on any atom is -0.390 e. The number of amides is 1. The molecule has 1 aromatic carbocycles. The van der Waals surface area contributed by atoms with Crippen molar-refractivity contribution in [1.29, 1.82) is 0 Å². The zero-order chi connectivity index (χ0) is 9.97. The number of hydrogen-bond acceptors (Lipinski definition) is 2. The summed E-state index contributed by atoms with van der Waals surface area (Å²) in [6.07, 6.45) is 0.397. The lowest BCUT2D eigenvalue weighted by Gasteiger charge is -2.13. The van der Waals surface area contributed by atoms with Gasteiger partial charge in [0.15, 0.2) is 0 Å². The van der Waals surface area contributed by atoms with Gasteiger partial charge in [-0.15, -0.1) is 0 Å². The van der Waals surface area contributed by atoms with Crippen molar-refractivity contribution in [2.24, 2.45) is 0 Å². The second-order valence-corrected chi connectivity index (χ2v) is 3.64. The lowest BCUT2D eigenvalue weighted by molar-refractivity contribution is -0.119. The van der Waals surface area contributed by atoms with Crippen molar-refractivity contribution in [3.05, 3.63) is 35.9 Å². The first kappa shape index (κ1) is 9.21. The van der Waals surface area contributed by atoms with Crippen molar-refractivity contribution in [1.82, 2.24) is 5.32 Å². The molecule has 0 unspecified atom stereocenters. The predicted molar refractivity (Wildman–Crippen MR) is 52.7 cm³/mol. The monoisotopic (exact) mass is 191 g/mol. The van der Waals surface area contributed by atoms with Crippen LogP contribution in [0.3, 0.4) is 0 Å². The molecule has 1 aliphatic rings. The summed E-state index contributed by atoms with van der Waals surface area (Å²) in [5, 5.41) is 12.3. The van der Waals surface area contributed by atoms with Crippen LogP contribution in [-0.4, -0.2) is 23.2 Å². The van der Waals surface area contributed by atoms with Gasteiger partial charge in [-0.3, -0.25) is 4.79 Å². The zero-order valence-electron chi connectivity index (χ0n) is 7.81. The number of rotatable bonds is 2. The van der Waals surface area contributed by atoms with E-state index in [4.69, 9.17) is 0 Å². The van der Waals surface area contributed by atoms with Gasteiger partial charge in [-0.1, -0.05) is 30.3 Å². The van der Waals surface area contributed by atoms with Gasteiger partial charge in [0.2, 0.25) is 5.91 Å². The van der Waals surface area contributed by atoms with Crippen LogP contribution in [0.1, 0.15) is 12.0 Å². The van der Waals surface area contributed by atoms with E-state index in [9.17, 15) is 9.90 Å². The Balaban J connectivity index is 2.02. The van der Waals surface area contributed by atoms with Crippen LogP contribution in [0, 0.1) is 0 Å². The van der Waals surface area contributed by atoms with Gasteiger partial charge in [-0.05, 0) is 12.0 Å². The number of carbonyl (C=O) groups excluding carboxylic acids is 1. The molecule has 0 bridgehead atoms. The Morgan fingerprint density at radius 2 is 2.07 bits per heavy atom. The van der Waals surface area contributed by atoms with Gasteiger partial charge in [0.1, 0.15) is 0 Å². The molecule has 1 amide bonds. The Hall–Kier alpha value is -1.35. The number of hydrogen-bond donors (Lipinski definition) is 2. The third kappa shape index (κ3) is 1.93. The van der Waals surface area contributed by atoms with E-state index in [1.807, 2.05) is 30.3 Å². The Morgan fingerprint density at radius 1 is 1.36 bits per heavy atom. The molecule has 2 N–H and O–H groups in total. The highest BCUT2D eigenvalue weighted by atomic mass is 16.3. The van der Waals surface area contributed by atoms with Gasteiger partial charge in [0, 0.05) is 0 Å². The van der Waals surface area contributed by atoms with E-state index in [1.54, 1.807) is 0 Å². The molecule has 0 aliphatic carbocycles. The number of aliphatic hydroxyl groups excluding tert-OH is 1. The number of benzene rings is 1. The predicted octanol–water partition coefficient (Wildman–Crippen LogP) is 0.478. The summed E-state index contributed by atoms with van der Waals surface area (Å²) in [5.74, 6) is -0.0570. The van der Waals surface area contributed by atoms with E-state index in [-0.39, 0.29) is 18.4 Å². The van der Waals surface area contributed by atoms with Gasteiger partial charge >= 0.3 is 0 Å². The maximum absolute atomic E-state index is 11.0. The van der Waals surface area contributed by atoms with Gasteiger partial charge in [0.25, 0.3) is 0 Å². The highest BCUT2D eigenvalue weighted by Gasteiger charge is 2.30. The van der Waals surface area contributed by atoms with Crippen LogP contribution in [0.15, 0.2) is 30.3 Å². The van der Waals surface area contributed by atoms with Crippen LogP contribution in [-0.2, 0) is 11.2 Å². The molecule has 0 radical (unpaired) electrons. The SMILES string of the molecule is O=C1C[C@@H](O)[C@@H](Cc2ccccc2)N1. The molecule has 2 atom stereocenters.